The average Bonchev–Trinajstić information content (AvgIpc) is 3.00. The second-order valence-corrected chi connectivity index (χ2v) is 6.26. The lowest BCUT2D eigenvalue weighted by Crippen LogP contribution is -2.47. The van der Waals surface area contributed by atoms with Gasteiger partial charge in [0.1, 0.15) is 0 Å². The first kappa shape index (κ1) is 17.5. The lowest BCUT2D eigenvalue weighted by atomic mass is 10.1. The molecule has 5 nitrogen and oxygen atoms in total. The van der Waals surface area contributed by atoms with Crippen LogP contribution in [0.25, 0.3) is 0 Å². The van der Waals surface area contributed by atoms with Crippen molar-refractivity contribution in [3.8, 4) is 0 Å². The standard InChI is InChI=1S/C17H34N4O/c1-4-18-17(19-14-15-8-7-11-20(15)5-2)21-12-9-16(10-13-21)22-6-3/h15-16H,4-14H2,1-3H3,(H,18,19). The summed E-state index contributed by atoms with van der Waals surface area (Å²) in [7, 11) is 0. The van der Waals surface area contributed by atoms with Gasteiger partial charge in [-0.2, -0.15) is 0 Å². The highest BCUT2D eigenvalue weighted by Gasteiger charge is 2.24. The molecule has 2 aliphatic rings. The fourth-order valence-electron chi connectivity index (χ4n) is 3.61. The number of nitrogens with one attached hydrogen (secondary N) is 1. The predicted molar refractivity (Wildman–Crippen MR) is 92.5 cm³/mol. The molecule has 0 spiro atoms. The van der Waals surface area contributed by atoms with Gasteiger partial charge in [0.2, 0.25) is 0 Å². The Bertz CT molecular complexity index is 340. The normalized spacial score (nSPS) is 25.0. The highest BCUT2D eigenvalue weighted by molar-refractivity contribution is 5.80. The minimum Gasteiger partial charge on any atom is -0.378 e. The number of rotatable bonds is 6. The van der Waals surface area contributed by atoms with Crippen molar-refractivity contribution in [1.29, 1.82) is 0 Å². The zero-order chi connectivity index (χ0) is 15.8. The second-order valence-electron chi connectivity index (χ2n) is 6.26. The topological polar surface area (TPSA) is 40.1 Å². The van der Waals surface area contributed by atoms with Crippen LogP contribution in [0.4, 0.5) is 0 Å². The van der Waals surface area contributed by atoms with E-state index in [1.807, 2.05) is 0 Å². The molecule has 1 N–H and O–H groups in total. The van der Waals surface area contributed by atoms with Crippen molar-refractivity contribution in [2.45, 2.75) is 58.6 Å². The van der Waals surface area contributed by atoms with E-state index in [2.05, 4.69) is 35.9 Å². The molecule has 0 saturated carbocycles. The monoisotopic (exact) mass is 310 g/mol. The van der Waals surface area contributed by atoms with Crippen molar-refractivity contribution in [3.05, 3.63) is 0 Å². The molecule has 1 unspecified atom stereocenters. The third kappa shape index (κ3) is 4.85. The van der Waals surface area contributed by atoms with Gasteiger partial charge >= 0.3 is 0 Å². The first-order chi connectivity index (χ1) is 10.8. The summed E-state index contributed by atoms with van der Waals surface area (Å²) in [6, 6.07) is 0.639. The molecule has 2 aliphatic heterocycles. The number of aliphatic imine (C=N–C) groups is 1. The van der Waals surface area contributed by atoms with E-state index in [0.717, 1.165) is 58.1 Å². The van der Waals surface area contributed by atoms with Crippen LogP contribution in [0.5, 0.6) is 0 Å². The number of likely N-dealkylation sites (tertiary alicyclic amines) is 2. The molecular weight excluding hydrogens is 276 g/mol. The van der Waals surface area contributed by atoms with Crippen molar-refractivity contribution >= 4 is 5.96 Å². The Morgan fingerprint density at radius 2 is 1.91 bits per heavy atom. The Labute approximate surface area is 136 Å². The third-order valence-electron chi connectivity index (χ3n) is 4.84. The van der Waals surface area contributed by atoms with Crippen molar-refractivity contribution in [2.24, 2.45) is 4.99 Å². The Hall–Kier alpha value is -0.810. The van der Waals surface area contributed by atoms with Gasteiger partial charge in [0.05, 0.1) is 12.6 Å². The summed E-state index contributed by atoms with van der Waals surface area (Å²) < 4.78 is 5.75. The summed E-state index contributed by atoms with van der Waals surface area (Å²) in [6.45, 7) is 13.7. The summed E-state index contributed by atoms with van der Waals surface area (Å²) >= 11 is 0. The molecule has 0 aliphatic carbocycles. The van der Waals surface area contributed by atoms with Crippen LogP contribution in [-0.4, -0.2) is 73.8 Å². The Morgan fingerprint density at radius 1 is 1.14 bits per heavy atom. The van der Waals surface area contributed by atoms with Gasteiger partial charge < -0.3 is 15.0 Å². The van der Waals surface area contributed by atoms with Crippen LogP contribution in [0.15, 0.2) is 4.99 Å². The summed E-state index contributed by atoms with van der Waals surface area (Å²) in [6.07, 6.45) is 5.29. The molecule has 0 radical (unpaired) electrons. The quantitative estimate of drug-likeness (QED) is 0.601. The Kier molecular flexibility index (Phi) is 7.46. The van der Waals surface area contributed by atoms with Gasteiger partial charge in [-0.15, -0.1) is 0 Å². The van der Waals surface area contributed by atoms with Gasteiger partial charge in [0, 0.05) is 32.3 Å². The number of guanidine groups is 1. The number of hydrogen-bond acceptors (Lipinski definition) is 3. The van der Waals surface area contributed by atoms with Crippen LogP contribution in [0.2, 0.25) is 0 Å². The maximum Gasteiger partial charge on any atom is 0.193 e. The van der Waals surface area contributed by atoms with Crippen LogP contribution < -0.4 is 5.32 Å². The minimum absolute atomic E-state index is 0.439. The highest BCUT2D eigenvalue weighted by Crippen LogP contribution is 2.17. The SMILES string of the molecule is CCNC(=NCC1CCCN1CC)N1CCC(OCC)CC1. The molecule has 1 atom stereocenters. The molecule has 0 amide bonds. The molecular formula is C17H34N4O. The number of likely N-dealkylation sites (N-methyl/N-ethyl adjacent to an activating group) is 1. The lowest BCUT2D eigenvalue weighted by Gasteiger charge is -2.34. The number of piperidine rings is 1. The van der Waals surface area contributed by atoms with Crippen molar-refractivity contribution in [3.63, 3.8) is 0 Å². The minimum atomic E-state index is 0.439. The lowest BCUT2D eigenvalue weighted by molar-refractivity contribution is 0.0263. The van der Waals surface area contributed by atoms with Gasteiger partial charge in [0.15, 0.2) is 5.96 Å². The summed E-state index contributed by atoms with van der Waals surface area (Å²) in [5, 5.41) is 3.47. The third-order valence-corrected chi connectivity index (χ3v) is 4.84. The van der Waals surface area contributed by atoms with Crippen LogP contribution in [-0.2, 0) is 4.74 Å². The molecule has 2 rings (SSSR count). The maximum atomic E-state index is 5.75. The van der Waals surface area contributed by atoms with E-state index in [1.54, 1.807) is 0 Å². The number of hydrogen-bond donors (Lipinski definition) is 1. The van der Waals surface area contributed by atoms with Gasteiger partial charge in [-0.1, -0.05) is 6.92 Å². The fraction of sp³-hybridized carbons (Fsp3) is 0.941. The molecule has 22 heavy (non-hydrogen) atoms. The van der Waals surface area contributed by atoms with Crippen LogP contribution >= 0.6 is 0 Å². The van der Waals surface area contributed by atoms with E-state index in [-0.39, 0.29) is 0 Å². The summed E-state index contributed by atoms with van der Waals surface area (Å²) in [5.74, 6) is 1.10. The summed E-state index contributed by atoms with van der Waals surface area (Å²) in [5.41, 5.74) is 0. The number of nitrogens with zero attached hydrogens (tertiary/aromatic N) is 3. The smallest absolute Gasteiger partial charge is 0.193 e. The zero-order valence-electron chi connectivity index (χ0n) is 14.7. The van der Waals surface area contributed by atoms with Crippen LogP contribution in [0.1, 0.15) is 46.5 Å². The molecule has 0 aromatic carbocycles. The van der Waals surface area contributed by atoms with Crippen LogP contribution in [0, 0.1) is 0 Å². The van der Waals surface area contributed by atoms with E-state index in [0.29, 0.717) is 12.1 Å². The van der Waals surface area contributed by atoms with Crippen molar-refractivity contribution in [2.75, 3.05) is 45.9 Å². The van der Waals surface area contributed by atoms with Gasteiger partial charge in [-0.25, -0.2) is 0 Å². The average molecular weight is 310 g/mol. The van der Waals surface area contributed by atoms with Gasteiger partial charge in [-0.05, 0) is 52.6 Å². The van der Waals surface area contributed by atoms with E-state index in [4.69, 9.17) is 9.73 Å². The van der Waals surface area contributed by atoms with E-state index < -0.39 is 0 Å². The fourth-order valence-corrected chi connectivity index (χ4v) is 3.61. The van der Waals surface area contributed by atoms with Gasteiger partial charge in [0.25, 0.3) is 0 Å². The maximum absolute atomic E-state index is 5.75. The molecule has 5 heteroatoms. The molecule has 0 bridgehead atoms. The molecule has 2 heterocycles. The van der Waals surface area contributed by atoms with E-state index in [1.165, 1.54) is 19.4 Å². The number of ether oxygens (including phenoxy) is 1. The molecule has 128 valence electrons. The molecule has 2 saturated heterocycles. The van der Waals surface area contributed by atoms with Crippen molar-refractivity contribution in [1.82, 2.24) is 15.1 Å². The summed E-state index contributed by atoms with van der Waals surface area (Å²) in [4.78, 5) is 9.91. The first-order valence-electron chi connectivity index (χ1n) is 9.17. The molecule has 0 aromatic heterocycles. The van der Waals surface area contributed by atoms with Gasteiger partial charge in [-0.3, -0.25) is 9.89 Å². The van der Waals surface area contributed by atoms with E-state index >= 15 is 0 Å². The largest absolute Gasteiger partial charge is 0.378 e. The zero-order valence-corrected chi connectivity index (χ0v) is 14.7. The first-order valence-corrected chi connectivity index (χ1v) is 9.17. The second kappa shape index (κ2) is 9.36. The Morgan fingerprint density at radius 3 is 2.55 bits per heavy atom. The van der Waals surface area contributed by atoms with Crippen molar-refractivity contribution < 1.29 is 4.74 Å². The Balaban J connectivity index is 1.87. The molecule has 2 fully saturated rings. The highest BCUT2D eigenvalue weighted by atomic mass is 16.5. The van der Waals surface area contributed by atoms with E-state index in [9.17, 15) is 0 Å². The molecule has 0 aromatic rings. The van der Waals surface area contributed by atoms with Crippen LogP contribution in [0.3, 0.4) is 0 Å². The predicted octanol–water partition coefficient (Wildman–Crippen LogP) is 1.94.